The van der Waals surface area contributed by atoms with Gasteiger partial charge in [-0.2, -0.15) is 4.98 Å². The molecule has 1 aliphatic carbocycles. The molecule has 0 saturated heterocycles. The van der Waals surface area contributed by atoms with Gasteiger partial charge >= 0.3 is 12.0 Å². The monoisotopic (exact) mass is 571 g/mol. The molecule has 11 nitrogen and oxygen atoms in total. The molecule has 2 heterocycles. The summed E-state index contributed by atoms with van der Waals surface area (Å²) in [4.78, 5) is 38.3. The summed E-state index contributed by atoms with van der Waals surface area (Å²) in [6.07, 6.45) is 7.41. The lowest BCUT2D eigenvalue weighted by Gasteiger charge is -2.19. The van der Waals surface area contributed by atoms with E-state index >= 15 is 0 Å². The summed E-state index contributed by atoms with van der Waals surface area (Å²) in [6.45, 7) is 2.24. The fourth-order valence-electron chi connectivity index (χ4n) is 5.41. The standard InChI is InChI=1S/C31H33N5O6/c1-5-42-26-14-22-25(13-21(26)23-15-34-31(41-4)36-29(23)39-2)33-16-24(28(32)37)27(22)35-20-11-18(17-8-6-7-9-17)10-19(12-20)30(38)40-3/h10-17H,5-9H2,1-4H3,(H2,32,37)(H,33,35). The third-order valence-electron chi connectivity index (χ3n) is 7.40. The Morgan fingerprint density at radius 1 is 0.976 bits per heavy atom. The molecule has 2 aromatic heterocycles. The van der Waals surface area contributed by atoms with E-state index in [2.05, 4.69) is 20.3 Å². The third kappa shape index (κ3) is 5.63. The number of rotatable bonds is 10. The lowest BCUT2D eigenvalue weighted by atomic mass is 9.95. The van der Waals surface area contributed by atoms with E-state index in [9.17, 15) is 9.59 Å². The lowest BCUT2D eigenvalue weighted by Crippen LogP contribution is -2.14. The van der Waals surface area contributed by atoms with Gasteiger partial charge in [-0.25, -0.2) is 9.78 Å². The quantitative estimate of drug-likeness (QED) is 0.237. The van der Waals surface area contributed by atoms with Gasteiger partial charge in [0.2, 0.25) is 5.88 Å². The first-order valence-corrected chi connectivity index (χ1v) is 13.7. The van der Waals surface area contributed by atoms with Crippen LogP contribution in [-0.4, -0.2) is 54.8 Å². The zero-order chi connectivity index (χ0) is 29.8. The number of carbonyl (C=O) groups is 2. The van der Waals surface area contributed by atoms with Gasteiger partial charge in [0.1, 0.15) is 5.75 Å². The topological polar surface area (TPSA) is 148 Å². The molecule has 0 radical (unpaired) electrons. The van der Waals surface area contributed by atoms with E-state index in [0.29, 0.717) is 63.1 Å². The number of anilines is 2. The van der Waals surface area contributed by atoms with Crippen LogP contribution in [0.1, 0.15) is 64.8 Å². The van der Waals surface area contributed by atoms with Gasteiger partial charge in [0.05, 0.1) is 55.8 Å². The van der Waals surface area contributed by atoms with Gasteiger partial charge in [-0.3, -0.25) is 9.78 Å². The average molecular weight is 572 g/mol. The van der Waals surface area contributed by atoms with E-state index in [1.807, 2.05) is 25.1 Å². The number of benzene rings is 2. The maximum Gasteiger partial charge on any atom is 0.337 e. The van der Waals surface area contributed by atoms with Crippen molar-refractivity contribution >= 4 is 34.2 Å². The van der Waals surface area contributed by atoms with Crippen LogP contribution < -0.4 is 25.3 Å². The van der Waals surface area contributed by atoms with Crippen LogP contribution in [0.3, 0.4) is 0 Å². The molecule has 3 N–H and O–H groups in total. The second-order valence-corrected chi connectivity index (χ2v) is 9.93. The minimum Gasteiger partial charge on any atom is -0.493 e. The minimum absolute atomic E-state index is 0.163. The summed E-state index contributed by atoms with van der Waals surface area (Å²) in [5, 5.41) is 3.97. The lowest BCUT2D eigenvalue weighted by molar-refractivity contribution is 0.0600. The summed E-state index contributed by atoms with van der Waals surface area (Å²) in [7, 11) is 4.34. The number of aromatic nitrogens is 3. The molecule has 4 aromatic rings. The van der Waals surface area contributed by atoms with Crippen molar-refractivity contribution < 1.29 is 28.5 Å². The van der Waals surface area contributed by atoms with Crippen molar-refractivity contribution in [3.05, 3.63) is 59.4 Å². The highest BCUT2D eigenvalue weighted by Crippen LogP contribution is 2.42. The van der Waals surface area contributed by atoms with Crippen LogP contribution in [0.15, 0.2) is 42.7 Å². The minimum atomic E-state index is -0.653. The van der Waals surface area contributed by atoms with Gasteiger partial charge in [0, 0.05) is 29.0 Å². The van der Waals surface area contributed by atoms with Crippen molar-refractivity contribution in [3.63, 3.8) is 0 Å². The van der Waals surface area contributed by atoms with Crippen LogP contribution in [0.5, 0.6) is 17.6 Å². The molecular weight excluding hydrogens is 538 g/mol. The highest BCUT2D eigenvalue weighted by atomic mass is 16.5. The van der Waals surface area contributed by atoms with Crippen LogP contribution in [0.2, 0.25) is 0 Å². The fourth-order valence-corrected chi connectivity index (χ4v) is 5.41. The SMILES string of the molecule is CCOc1cc2c(Nc3cc(C(=O)OC)cc(C4CCCC4)c3)c(C(N)=O)cnc2cc1-c1cnc(OC)nc1OC. The molecule has 218 valence electrons. The van der Waals surface area contributed by atoms with Gasteiger partial charge in [-0.15, -0.1) is 0 Å². The molecule has 0 unspecified atom stereocenters. The van der Waals surface area contributed by atoms with Crippen LogP contribution in [0, 0.1) is 0 Å². The van der Waals surface area contributed by atoms with E-state index in [0.717, 1.165) is 31.2 Å². The largest absolute Gasteiger partial charge is 0.493 e. The van der Waals surface area contributed by atoms with Gasteiger partial charge in [0.25, 0.3) is 5.91 Å². The Morgan fingerprint density at radius 2 is 1.76 bits per heavy atom. The van der Waals surface area contributed by atoms with E-state index < -0.39 is 11.9 Å². The fraction of sp³-hybridized carbons (Fsp3) is 0.323. The van der Waals surface area contributed by atoms with Crippen LogP contribution >= 0.6 is 0 Å². The maximum absolute atomic E-state index is 12.6. The Balaban J connectivity index is 1.69. The Bertz CT molecular complexity index is 1650. The number of nitrogens with one attached hydrogen (secondary N) is 1. The number of nitrogens with two attached hydrogens (primary N) is 1. The molecule has 11 heteroatoms. The van der Waals surface area contributed by atoms with E-state index in [1.165, 1.54) is 27.5 Å². The summed E-state index contributed by atoms with van der Waals surface area (Å²) in [6, 6.07) is 9.38. The van der Waals surface area contributed by atoms with Crippen LogP contribution in [0.4, 0.5) is 11.4 Å². The Kier molecular flexibility index (Phi) is 8.37. The van der Waals surface area contributed by atoms with Crippen molar-refractivity contribution in [1.82, 2.24) is 15.0 Å². The molecule has 0 bridgehead atoms. The molecule has 1 fully saturated rings. The van der Waals surface area contributed by atoms with Crippen molar-refractivity contribution in [1.29, 1.82) is 0 Å². The molecule has 0 aliphatic heterocycles. The first-order chi connectivity index (χ1) is 20.4. The van der Waals surface area contributed by atoms with E-state index in [1.54, 1.807) is 18.3 Å². The molecule has 2 aromatic carbocycles. The Labute approximate surface area is 243 Å². The maximum atomic E-state index is 12.6. The number of primary amides is 1. The Morgan fingerprint density at radius 3 is 2.43 bits per heavy atom. The van der Waals surface area contributed by atoms with E-state index in [4.69, 9.17) is 24.7 Å². The number of pyridine rings is 1. The van der Waals surface area contributed by atoms with Crippen molar-refractivity contribution in [2.75, 3.05) is 33.3 Å². The predicted octanol–water partition coefficient (Wildman–Crippen LogP) is 5.39. The highest BCUT2D eigenvalue weighted by Gasteiger charge is 2.23. The normalized spacial score (nSPS) is 13.1. The summed E-state index contributed by atoms with van der Waals surface area (Å²) < 4.78 is 21.7. The van der Waals surface area contributed by atoms with Gasteiger partial charge in [-0.05, 0) is 61.6 Å². The zero-order valence-electron chi connectivity index (χ0n) is 24.0. The first-order valence-electron chi connectivity index (χ1n) is 13.7. The molecule has 1 aliphatic rings. The number of fused-ring (bicyclic) bond motifs is 1. The molecule has 1 saturated carbocycles. The second-order valence-electron chi connectivity index (χ2n) is 9.93. The number of ether oxygens (including phenoxy) is 4. The van der Waals surface area contributed by atoms with Crippen molar-refractivity contribution in [3.8, 4) is 28.8 Å². The van der Waals surface area contributed by atoms with Gasteiger partial charge in [-0.1, -0.05) is 12.8 Å². The molecule has 1 amide bonds. The smallest absolute Gasteiger partial charge is 0.337 e. The number of esters is 1. The van der Waals surface area contributed by atoms with Crippen molar-refractivity contribution in [2.24, 2.45) is 5.73 Å². The summed E-state index contributed by atoms with van der Waals surface area (Å²) >= 11 is 0. The molecule has 0 spiro atoms. The number of carbonyl (C=O) groups excluding carboxylic acids is 2. The second kappa shape index (κ2) is 12.3. The zero-order valence-corrected chi connectivity index (χ0v) is 24.0. The van der Waals surface area contributed by atoms with Crippen LogP contribution in [0.25, 0.3) is 22.0 Å². The Hall–Kier alpha value is -4.93. The predicted molar refractivity (Wildman–Crippen MR) is 158 cm³/mol. The van der Waals surface area contributed by atoms with Gasteiger partial charge < -0.3 is 30.0 Å². The molecule has 5 rings (SSSR count). The first kappa shape index (κ1) is 28.6. The number of nitrogens with zero attached hydrogens (tertiary/aromatic N) is 3. The molecule has 0 atom stereocenters. The summed E-state index contributed by atoms with van der Waals surface area (Å²) in [5.41, 5.74) is 10.3. The highest BCUT2D eigenvalue weighted by molar-refractivity contribution is 6.09. The summed E-state index contributed by atoms with van der Waals surface area (Å²) in [5.74, 6) is 0.0476. The van der Waals surface area contributed by atoms with Gasteiger partial charge in [0.15, 0.2) is 0 Å². The number of methoxy groups -OCH3 is 3. The van der Waals surface area contributed by atoms with Crippen molar-refractivity contribution in [2.45, 2.75) is 38.5 Å². The third-order valence-corrected chi connectivity index (χ3v) is 7.40. The number of hydrogen-bond acceptors (Lipinski definition) is 10. The van der Waals surface area contributed by atoms with E-state index in [-0.39, 0.29) is 11.6 Å². The molecular formula is C31H33N5O6. The average Bonchev–Trinajstić information content (AvgIpc) is 3.55. The number of hydrogen-bond donors (Lipinski definition) is 2. The number of amides is 1. The van der Waals surface area contributed by atoms with Crippen LogP contribution in [-0.2, 0) is 4.74 Å². The molecule has 42 heavy (non-hydrogen) atoms.